The second-order valence-corrected chi connectivity index (χ2v) is 12.2. The maximum atomic E-state index is 13.4. The molecule has 3 heterocycles. The number of phenolic OH excluding ortho intramolecular Hbond substituents is 3. The van der Waals surface area contributed by atoms with Crippen molar-refractivity contribution in [3.05, 3.63) is 58.7 Å². The zero-order valence-electron chi connectivity index (χ0n) is 25.4. The summed E-state index contributed by atoms with van der Waals surface area (Å²) in [4.78, 5) is 24.4. The number of rotatable bonds is 10. The molecule has 5 rings (SSSR count). The van der Waals surface area contributed by atoms with E-state index in [1.165, 1.54) is 6.07 Å². The average molecular weight is 645 g/mol. The van der Waals surface area contributed by atoms with Gasteiger partial charge in [0.15, 0.2) is 5.78 Å². The highest BCUT2D eigenvalue weighted by Crippen LogP contribution is 2.47. The van der Waals surface area contributed by atoms with Crippen molar-refractivity contribution in [3.8, 4) is 23.0 Å². The van der Waals surface area contributed by atoms with Gasteiger partial charge in [-0.1, -0.05) is 18.2 Å². The Hall–Kier alpha value is -3.72. The van der Waals surface area contributed by atoms with Crippen LogP contribution in [-0.4, -0.2) is 97.3 Å². The van der Waals surface area contributed by atoms with Crippen LogP contribution in [0.4, 0.5) is 0 Å². The fraction of sp³-hybridized carbons (Fsp3) is 0.515. The van der Waals surface area contributed by atoms with Crippen molar-refractivity contribution in [1.29, 1.82) is 0 Å². The summed E-state index contributed by atoms with van der Waals surface area (Å²) in [6, 6.07) is 5.56. The normalized spacial score (nSPS) is 29.5. The molecule has 0 saturated carbocycles. The van der Waals surface area contributed by atoms with E-state index in [9.17, 15) is 40.2 Å². The Morgan fingerprint density at radius 2 is 1.78 bits per heavy atom. The average Bonchev–Trinajstić information content (AvgIpc) is 3.00. The number of carboxylic acids is 1. The Balaban J connectivity index is 1.41. The van der Waals surface area contributed by atoms with Crippen LogP contribution in [0, 0.1) is 0 Å². The molecule has 2 aromatic rings. The third-order valence-corrected chi connectivity index (χ3v) is 8.79. The summed E-state index contributed by atoms with van der Waals surface area (Å²) in [5, 5.41) is 71.9. The Bertz CT molecular complexity index is 1470. The number of aromatic hydroxyl groups is 3. The van der Waals surface area contributed by atoms with E-state index in [1.54, 1.807) is 12.1 Å². The lowest BCUT2D eigenvalue weighted by molar-refractivity contribution is -0.198. The Morgan fingerprint density at radius 1 is 1.02 bits per heavy atom. The van der Waals surface area contributed by atoms with Crippen LogP contribution in [-0.2, 0) is 25.4 Å². The maximum absolute atomic E-state index is 13.4. The van der Waals surface area contributed by atoms with Gasteiger partial charge < -0.3 is 54.7 Å². The summed E-state index contributed by atoms with van der Waals surface area (Å²) in [5.74, 6) is -2.61. The second kappa shape index (κ2) is 14.0. The maximum Gasteiger partial charge on any atom is 0.329 e. The van der Waals surface area contributed by atoms with Crippen LogP contribution in [0.5, 0.6) is 23.0 Å². The Morgan fingerprint density at radius 3 is 2.50 bits per heavy atom. The number of hydrogen-bond donors (Lipinski definition) is 7. The van der Waals surface area contributed by atoms with Gasteiger partial charge in [0, 0.05) is 30.0 Å². The number of carboxylic acid groups (broad SMARTS) is 1. The second-order valence-electron chi connectivity index (χ2n) is 12.2. The van der Waals surface area contributed by atoms with Crippen LogP contribution in [0.2, 0.25) is 0 Å². The van der Waals surface area contributed by atoms with Gasteiger partial charge >= 0.3 is 5.97 Å². The first-order valence-electron chi connectivity index (χ1n) is 15.2. The van der Waals surface area contributed by atoms with Crippen LogP contribution in [0.25, 0.3) is 0 Å². The van der Waals surface area contributed by atoms with Crippen molar-refractivity contribution < 1.29 is 64.3 Å². The van der Waals surface area contributed by atoms with Gasteiger partial charge in [-0.15, -0.1) is 0 Å². The van der Waals surface area contributed by atoms with E-state index < -0.39 is 73.4 Å². The van der Waals surface area contributed by atoms with Gasteiger partial charge in [-0.05, 0) is 43.9 Å². The first-order chi connectivity index (χ1) is 21.9. The highest BCUT2D eigenvalue weighted by molar-refractivity contribution is 6.03. The lowest BCUT2D eigenvalue weighted by Gasteiger charge is -2.39. The fourth-order valence-electron chi connectivity index (χ4n) is 6.39. The number of aliphatic hydroxyl groups is 3. The molecular weight excluding hydrogens is 604 g/mol. The summed E-state index contributed by atoms with van der Waals surface area (Å²) in [5.41, 5.74) is 1.46. The van der Waals surface area contributed by atoms with E-state index in [-0.39, 0.29) is 59.3 Å². The molecule has 0 aliphatic carbocycles. The van der Waals surface area contributed by atoms with E-state index in [2.05, 4.69) is 6.58 Å². The number of hydrogen-bond acceptors (Lipinski definition) is 12. The molecule has 13 heteroatoms. The molecule has 2 aromatic carbocycles. The number of carbonyl (C=O) groups excluding carboxylic acids is 1. The molecule has 46 heavy (non-hydrogen) atoms. The summed E-state index contributed by atoms with van der Waals surface area (Å²) < 4.78 is 23.4. The number of fused-ring (bicyclic) bond motifs is 1. The van der Waals surface area contributed by atoms with Crippen molar-refractivity contribution in [2.45, 2.75) is 94.3 Å². The van der Waals surface area contributed by atoms with Crippen molar-refractivity contribution in [2.24, 2.45) is 0 Å². The van der Waals surface area contributed by atoms with Gasteiger partial charge in [0.25, 0.3) is 0 Å². The Kier molecular flexibility index (Phi) is 10.2. The molecule has 0 radical (unpaired) electrons. The first kappa shape index (κ1) is 33.6. The molecule has 0 spiro atoms. The summed E-state index contributed by atoms with van der Waals surface area (Å²) in [6.45, 7) is 4.76. The van der Waals surface area contributed by atoms with E-state index in [0.29, 0.717) is 24.0 Å². The Labute approximate surface area is 265 Å². The predicted molar refractivity (Wildman–Crippen MR) is 160 cm³/mol. The SMILES string of the molecule is C=C(Cc1c(O)cc(O)c2c1OC(c1ccc(O)c(C3CC(OCC(=O)O)C(O)C(CO)O3)c1)CC2=O)CC1O[C@@H](C)CCC1O. The standard InChI is InChI=1S/C33H40O13/c1-15(8-27-21(36)5-3-16(2)44-27)7-19-22(37)10-23(38)31-24(39)11-25(46-33(19)31)17-4-6-20(35)18(9-17)26-12-28(43-14-30(40)41)32(42)29(13-34)45-26/h4,6,9-10,16,21,25-29,32,34-38,42H,1,3,5,7-8,11-14H2,2H3,(H,40,41)/t16-,21?,25?,26?,27?,28?,29?,32?/m0/s1. The quantitative estimate of drug-likeness (QED) is 0.186. The number of ketones is 1. The number of aliphatic hydroxyl groups excluding tert-OH is 3. The van der Waals surface area contributed by atoms with Crippen molar-refractivity contribution >= 4 is 11.8 Å². The van der Waals surface area contributed by atoms with Crippen LogP contribution < -0.4 is 4.74 Å². The molecule has 7 unspecified atom stereocenters. The first-order valence-corrected chi connectivity index (χ1v) is 15.2. The minimum absolute atomic E-state index is 0.00692. The largest absolute Gasteiger partial charge is 0.508 e. The van der Waals surface area contributed by atoms with Gasteiger partial charge in [-0.2, -0.15) is 0 Å². The predicted octanol–water partition coefficient (Wildman–Crippen LogP) is 2.58. The van der Waals surface area contributed by atoms with Gasteiger partial charge in [0.05, 0.1) is 43.5 Å². The monoisotopic (exact) mass is 644 g/mol. The third kappa shape index (κ3) is 7.14. The minimum Gasteiger partial charge on any atom is -0.508 e. The molecule has 0 bridgehead atoms. The molecule has 2 saturated heterocycles. The van der Waals surface area contributed by atoms with Gasteiger partial charge in [-0.25, -0.2) is 4.79 Å². The highest BCUT2D eigenvalue weighted by Gasteiger charge is 2.41. The molecule has 0 amide bonds. The topological polar surface area (TPSA) is 213 Å². The molecule has 0 aromatic heterocycles. The van der Waals surface area contributed by atoms with Gasteiger partial charge in [0.1, 0.15) is 53.5 Å². The van der Waals surface area contributed by atoms with Crippen LogP contribution in [0.15, 0.2) is 36.4 Å². The van der Waals surface area contributed by atoms with Crippen molar-refractivity contribution in [2.75, 3.05) is 13.2 Å². The van der Waals surface area contributed by atoms with Crippen molar-refractivity contribution in [3.63, 3.8) is 0 Å². The molecule has 8 atom stereocenters. The molecule has 3 aliphatic rings. The third-order valence-electron chi connectivity index (χ3n) is 8.79. The summed E-state index contributed by atoms with van der Waals surface area (Å²) in [7, 11) is 0. The van der Waals surface area contributed by atoms with E-state index in [0.717, 1.165) is 12.5 Å². The molecular formula is C33H40O13. The molecule has 3 aliphatic heterocycles. The van der Waals surface area contributed by atoms with Gasteiger partial charge in [-0.3, -0.25) is 4.79 Å². The molecule has 250 valence electrons. The lowest BCUT2D eigenvalue weighted by atomic mass is 9.88. The van der Waals surface area contributed by atoms with Crippen LogP contribution >= 0.6 is 0 Å². The molecule has 7 N–H and O–H groups in total. The zero-order valence-corrected chi connectivity index (χ0v) is 25.4. The lowest BCUT2D eigenvalue weighted by Crippen LogP contribution is -2.49. The number of carbonyl (C=O) groups is 2. The van der Waals surface area contributed by atoms with E-state index in [1.807, 2.05) is 6.92 Å². The van der Waals surface area contributed by atoms with E-state index in [4.69, 9.17) is 24.1 Å². The summed E-state index contributed by atoms with van der Waals surface area (Å²) in [6.07, 6.45) is -4.92. The molecule has 2 fully saturated rings. The summed E-state index contributed by atoms with van der Waals surface area (Å²) >= 11 is 0. The van der Waals surface area contributed by atoms with Crippen molar-refractivity contribution in [1.82, 2.24) is 0 Å². The number of aliphatic carboxylic acids is 1. The minimum atomic E-state index is -1.31. The smallest absolute Gasteiger partial charge is 0.329 e. The highest BCUT2D eigenvalue weighted by atomic mass is 16.6. The number of benzene rings is 2. The van der Waals surface area contributed by atoms with Gasteiger partial charge in [0.2, 0.25) is 0 Å². The van der Waals surface area contributed by atoms with Crippen LogP contribution in [0.1, 0.15) is 78.3 Å². The van der Waals surface area contributed by atoms with Crippen LogP contribution in [0.3, 0.4) is 0 Å². The fourth-order valence-corrected chi connectivity index (χ4v) is 6.39. The number of phenols is 3. The molecule has 13 nitrogen and oxygen atoms in total. The number of ether oxygens (including phenoxy) is 4. The number of Topliss-reactive ketones (excluding diaryl/α,β-unsaturated/α-hetero) is 1. The van der Waals surface area contributed by atoms with E-state index >= 15 is 0 Å². The zero-order chi connectivity index (χ0) is 33.3.